The van der Waals surface area contributed by atoms with E-state index in [1.165, 1.54) is 0 Å². The third kappa shape index (κ3) is 4.19. The lowest BCUT2D eigenvalue weighted by molar-refractivity contribution is 0.458. The average molecular weight is 273 g/mol. The van der Waals surface area contributed by atoms with E-state index >= 15 is 0 Å². The van der Waals surface area contributed by atoms with Crippen LogP contribution in [0, 0.1) is 0 Å². The maximum absolute atomic E-state index is 12.5. The minimum Gasteiger partial charge on any atom is -0.313 e. The van der Waals surface area contributed by atoms with Crippen molar-refractivity contribution in [3.05, 3.63) is 17.5 Å². The second-order valence-electron chi connectivity index (χ2n) is 4.13. The highest BCUT2D eigenvalue weighted by molar-refractivity contribution is 7.88. The van der Waals surface area contributed by atoms with Gasteiger partial charge in [0.15, 0.2) is 0 Å². The fraction of sp³-hybridized carbons (Fsp3) is 0.692. The molecule has 0 saturated heterocycles. The fourth-order valence-corrected chi connectivity index (χ4v) is 4.81. The van der Waals surface area contributed by atoms with E-state index in [0.717, 1.165) is 30.0 Å². The first-order chi connectivity index (χ1) is 8.24. The van der Waals surface area contributed by atoms with Crippen molar-refractivity contribution in [1.82, 2.24) is 5.32 Å². The van der Waals surface area contributed by atoms with E-state index in [1.54, 1.807) is 11.3 Å². The maximum Gasteiger partial charge on any atom is 0.0914 e. The summed E-state index contributed by atoms with van der Waals surface area (Å²) < 4.78 is 13.5. The molecule has 0 fully saturated rings. The van der Waals surface area contributed by atoms with Crippen LogP contribution in [0.5, 0.6) is 0 Å². The van der Waals surface area contributed by atoms with Gasteiger partial charge in [0, 0.05) is 6.04 Å². The third-order valence-electron chi connectivity index (χ3n) is 2.89. The summed E-state index contributed by atoms with van der Waals surface area (Å²) in [5.41, 5.74) is 0. The predicted molar refractivity (Wildman–Crippen MR) is 77.2 cm³/mol. The smallest absolute Gasteiger partial charge is 0.0914 e. The van der Waals surface area contributed by atoms with Gasteiger partial charge in [-0.2, -0.15) is 0 Å². The minimum atomic E-state index is -0.867. The van der Waals surface area contributed by atoms with Crippen molar-refractivity contribution < 1.29 is 4.21 Å². The van der Waals surface area contributed by atoms with E-state index in [9.17, 15) is 4.21 Å². The second-order valence-corrected chi connectivity index (χ2v) is 6.98. The number of hydrogen-bond acceptors (Lipinski definition) is 3. The Morgan fingerprint density at radius 3 is 2.65 bits per heavy atom. The van der Waals surface area contributed by atoms with Gasteiger partial charge < -0.3 is 5.32 Å². The lowest BCUT2D eigenvalue weighted by Crippen LogP contribution is -2.41. The monoisotopic (exact) mass is 273 g/mol. The van der Waals surface area contributed by atoms with Crippen molar-refractivity contribution in [1.29, 1.82) is 0 Å². The molecule has 1 N–H and O–H groups in total. The number of thiophene rings is 1. The Hall–Kier alpha value is -0.190. The molecule has 1 aromatic heterocycles. The first-order valence-corrected chi connectivity index (χ1v) is 8.51. The number of nitrogens with one attached hydrogen (secondary N) is 1. The summed E-state index contributed by atoms with van der Waals surface area (Å²) in [5, 5.41) is 5.72. The molecule has 0 aliphatic carbocycles. The van der Waals surface area contributed by atoms with E-state index in [0.29, 0.717) is 6.04 Å². The van der Waals surface area contributed by atoms with Crippen molar-refractivity contribution in [3.63, 3.8) is 0 Å². The maximum atomic E-state index is 12.5. The second kappa shape index (κ2) is 8.01. The van der Waals surface area contributed by atoms with Crippen LogP contribution in [-0.2, 0) is 10.8 Å². The largest absolute Gasteiger partial charge is 0.313 e. The summed E-state index contributed by atoms with van der Waals surface area (Å²) >= 11 is 1.60. The normalized spacial score (nSPS) is 16.6. The van der Waals surface area contributed by atoms with Gasteiger partial charge >= 0.3 is 0 Å². The molecule has 0 radical (unpaired) electrons. The lowest BCUT2D eigenvalue weighted by Gasteiger charge is -2.25. The van der Waals surface area contributed by atoms with Gasteiger partial charge in [0.25, 0.3) is 0 Å². The molecular formula is C13H23NOS2. The Morgan fingerprint density at radius 1 is 1.41 bits per heavy atom. The van der Waals surface area contributed by atoms with Crippen LogP contribution in [0.1, 0.15) is 40.0 Å². The molecule has 98 valence electrons. The van der Waals surface area contributed by atoms with E-state index in [1.807, 2.05) is 17.5 Å². The molecule has 0 aliphatic rings. The van der Waals surface area contributed by atoms with Crippen molar-refractivity contribution in [2.45, 2.75) is 55.5 Å². The van der Waals surface area contributed by atoms with Crippen LogP contribution in [-0.4, -0.2) is 22.0 Å². The van der Waals surface area contributed by atoms with Crippen LogP contribution in [0.3, 0.4) is 0 Å². The van der Waals surface area contributed by atoms with Crippen molar-refractivity contribution >= 4 is 22.1 Å². The highest BCUT2D eigenvalue weighted by Gasteiger charge is 2.25. The van der Waals surface area contributed by atoms with Crippen LogP contribution in [0.2, 0.25) is 0 Å². The molecule has 1 aromatic rings. The molecule has 0 aromatic carbocycles. The molecule has 3 atom stereocenters. The summed E-state index contributed by atoms with van der Waals surface area (Å²) in [6.07, 6.45) is 3.20. The molecule has 3 unspecified atom stereocenters. The topological polar surface area (TPSA) is 29.1 Å². The Balaban J connectivity index is 2.77. The molecule has 17 heavy (non-hydrogen) atoms. The number of rotatable bonds is 8. The zero-order valence-electron chi connectivity index (χ0n) is 10.9. The van der Waals surface area contributed by atoms with Crippen LogP contribution in [0.4, 0.5) is 0 Å². The summed E-state index contributed by atoms with van der Waals surface area (Å²) in [6.45, 7) is 7.38. The van der Waals surface area contributed by atoms with Gasteiger partial charge in [0.05, 0.1) is 20.3 Å². The predicted octanol–water partition coefficient (Wildman–Crippen LogP) is 3.41. The SMILES string of the molecule is CCCC(NCC)C(CC)S(=O)c1cccs1. The Bertz CT molecular complexity index is 318. The molecule has 1 rings (SSSR count). The van der Waals surface area contributed by atoms with Crippen molar-refractivity contribution in [2.24, 2.45) is 0 Å². The van der Waals surface area contributed by atoms with Gasteiger partial charge in [-0.15, -0.1) is 11.3 Å². The van der Waals surface area contributed by atoms with Gasteiger partial charge in [0.2, 0.25) is 0 Å². The van der Waals surface area contributed by atoms with Gasteiger partial charge in [-0.3, -0.25) is 4.21 Å². The van der Waals surface area contributed by atoms with E-state index in [2.05, 4.69) is 26.1 Å². The summed E-state index contributed by atoms with van der Waals surface area (Å²) in [7, 11) is -0.867. The standard InChI is InChI=1S/C13H23NOS2/c1-4-8-11(14-6-3)12(5-2)17(15)13-9-7-10-16-13/h7,9-12,14H,4-6,8H2,1-3H3. The van der Waals surface area contributed by atoms with Crippen molar-refractivity contribution in [2.75, 3.05) is 6.54 Å². The zero-order chi connectivity index (χ0) is 12.7. The number of hydrogen-bond donors (Lipinski definition) is 1. The Labute approximate surface area is 111 Å². The highest BCUT2D eigenvalue weighted by Crippen LogP contribution is 2.22. The molecule has 2 nitrogen and oxygen atoms in total. The summed E-state index contributed by atoms with van der Waals surface area (Å²) in [6, 6.07) is 4.34. The Morgan fingerprint density at radius 2 is 2.18 bits per heavy atom. The zero-order valence-corrected chi connectivity index (χ0v) is 12.6. The first kappa shape index (κ1) is 14.9. The van der Waals surface area contributed by atoms with Gasteiger partial charge in [-0.1, -0.05) is 33.3 Å². The molecule has 0 saturated carbocycles. The van der Waals surface area contributed by atoms with Crippen LogP contribution < -0.4 is 5.32 Å². The van der Waals surface area contributed by atoms with Gasteiger partial charge in [-0.25, -0.2) is 0 Å². The quantitative estimate of drug-likeness (QED) is 0.786. The molecule has 0 spiro atoms. The van der Waals surface area contributed by atoms with Crippen molar-refractivity contribution in [3.8, 4) is 0 Å². The van der Waals surface area contributed by atoms with Crippen LogP contribution >= 0.6 is 11.3 Å². The van der Waals surface area contributed by atoms with Gasteiger partial charge in [0.1, 0.15) is 0 Å². The molecule has 0 bridgehead atoms. The molecular weight excluding hydrogens is 250 g/mol. The summed E-state index contributed by atoms with van der Waals surface area (Å²) in [4.78, 5) is 0. The lowest BCUT2D eigenvalue weighted by atomic mass is 10.1. The third-order valence-corrected chi connectivity index (χ3v) is 6.07. The molecule has 0 amide bonds. The Kier molecular flexibility index (Phi) is 7.00. The van der Waals surface area contributed by atoms with E-state index < -0.39 is 10.8 Å². The fourth-order valence-electron chi connectivity index (χ4n) is 2.10. The van der Waals surface area contributed by atoms with E-state index in [4.69, 9.17) is 0 Å². The average Bonchev–Trinajstić information content (AvgIpc) is 2.84. The van der Waals surface area contributed by atoms with Crippen LogP contribution in [0.15, 0.2) is 21.7 Å². The van der Waals surface area contributed by atoms with E-state index in [-0.39, 0.29) is 5.25 Å². The van der Waals surface area contributed by atoms with Gasteiger partial charge in [-0.05, 0) is 30.8 Å². The molecule has 4 heteroatoms. The first-order valence-electron chi connectivity index (χ1n) is 6.42. The minimum absolute atomic E-state index is 0.230. The molecule has 1 heterocycles. The molecule has 0 aliphatic heterocycles. The highest BCUT2D eigenvalue weighted by atomic mass is 32.2. The van der Waals surface area contributed by atoms with Crippen LogP contribution in [0.25, 0.3) is 0 Å². The summed E-state index contributed by atoms with van der Waals surface area (Å²) in [5.74, 6) is 0.